The van der Waals surface area contributed by atoms with Gasteiger partial charge < -0.3 is 5.32 Å². The molecule has 1 atom stereocenters. The molecule has 0 aromatic heterocycles. The third-order valence-electron chi connectivity index (χ3n) is 3.41. The Kier molecular flexibility index (Phi) is 5.03. The summed E-state index contributed by atoms with van der Waals surface area (Å²) < 4.78 is 48.3. The van der Waals surface area contributed by atoms with Crippen LogP contribution in [0.4, 0.5) is 0 Å². The maximum atomic E-state index is 12.0. The lowest BCUT2D eigenvalue weighted by Gasteiger charge is -2.26. The summed E-state index contributed by atoms with van der Waals surface area (Å²) in [6, 6.07) is 7.04. The van der Waals surface area contributed by atoms with Crippen molar-refractivity contribution < 1.29 is 16.8 Å². The van der Waals surface area contributed by atoms with E-state index in [-0.39, 0.29) is 11.8 Å². The van der Waals surface area contributed by atoms with Gasteiger partial charge >= 0.3 is 0 Å². The fourth-order valence-electron chi connectivity index (χ4n) is 2.42. The van der Waals surface area contributed by atoms with Gasteiger partial charge in [-0.15, -0.1) is 0 Å². The van der Waals surface area contributed by atoms with Gasteiger partial charge in [-0.3, -0.25) is 0 Å². The third kappa shape index (κ3) is 4.50. The Balaban J connectivity index is 1.94. The average Bonchev–Trinajstić information content (AvgIpc) is 2.40. The van der Waals surface area contributed by atoms with Crippen molar-refractivity contribution in [2.75, 3.05) is 25.1 Å². The van der Waals surface area contributed by atoms with Crippen molar-refractivity contribution in [1.29, 1.82) is 0 Å². The summed E-state index contributed by atoms with van der Waals surface area (Å²) in [6.07, 6.45) is 2.32. The number of hydrogen-bond acceptors (Lipinski definition) is 5. The zero-order valence-electron chi connectivity index (χ0n) is 11.9. The number of hydrogen-bond donors (Lipinski definition) is 2. The van der Waals surface area contributed by atoms with Gasteiger partial charge in [0.05, 0.1) is 16.9 Å². The molecular weight excluding hydrogens is 312 g/mol. The van der Waals surface area contributed by atoms with Crippen LogP contribution in [0.1, 0.15) is 24.4 Å². The Labute approximate surface area is 125 Å². The predicted molar refractivity (Wildman–Crippen MR) is 81.3 cm³/mol. The molecule has 0 radical (unpaired) electrons. The average molecular weight is 332 g/mol. The van der Waals surface area contributed by atoms with Crippen molar-refractivity contribution in [2.24, 2.45) is 0 Å². The monoisotopic (exact) mass is 332 g/mol. The van der Waals surface area contributed by atoms with Crippen molar-refractivity contribution in [1.82, 2.24) is 10.0 Å². The number of fused-ring (bicyclic) bond motifs is 1. The lowest BCUT2D eigenvalue weighted by atomic mass is 10.0. The zero-order chi connectivity index (χ0) is 15.5. The maximum absolute atomic E-state index is 12.0. The zero-order valence-corrected chi connectivity index (χ0v) is 13.5. The molecule has 1 aromatic rings. The van der Waals surface area contributed by atoms with Crippen LogP contribution in [0.3, 0.4) is 0 Å². The molecule has 6 nitrogen and oxygen atoms in total. The molecule has 1 unspecified atom stereocenters. The number of sulfone groups is 1. The van der Waals surface area contributed by atoms with Gasteiger partial charge in [0.25, 0.3) is 0 Å². The molecule has 2 N–H and O–H groups in total. The summed E-state index contributed by atoms with van der Waals surface area (Å²) in [5.74, 6) is 0.142. The van der Waals surface area contributed by atoms with Crippen LogP contribution in [0.25, 0.3) is 0 Å². The minimum atomic E-state index is -3.16. The summed E-state index contributed by atoms with van der Waals surface area (Å²) in [7, 11) is -6.31. The number of sulfonamides is 1. The molecule has 1 aliphatic heterocycles. The summed E-state index contributed by atoms with van der Waals surface area (Å²) >= 11 is 0. The van der Waals surface area contributed by atoms with Crippen molar-refractivity contribution >= 4 is 19.9 Å². The van der Waals surface area contributed by atoms with E-state index in [4.69, 9.17) is 0 Å². The van der Waals surface area contributed by atoms with E-state index in [0.29, 0.717) is 30.8 Å². The number of rotatable bonds is 6. The van der Waals surface area contributed by atoms with Crippen LogP contribution < -0.4 is 10.0 Å². The van der Waals surface area contributed by atoms with Gasteiger partial charge in [0, 0.05) is 12.6 Å². The van der Waals surface area contributed by atoms with Crippen molar-refractivity contribution in [3.05, 3.63) is 29.8 Å². The fraction of sp³-hybridized carbons (Fsp3) is 0.538. The van der Waals surface area contributed by atoms with E-state index in [1.807, 2.05) is 12.1 Å². The summed E-state index contributed by atoms with van der Waals surface area (Å²) in [4.78, 5) is 0.406. The molecule has 8 heteroatoms. The number of benzene rings is 1. The van der Waals surface area contributed by atoms with Gasteiger partial charge in [-0.25, -0.2) is 21.6 Å². The highest BCUT2D eigenvalue weighted by Crippen LogP contribution is 2.31. The first-order chi connectivity index (χ1) is 9.80. The molecule has 0 bridgehead atoms. The van der Waals surface area contributed by atoms with Crippen LogP contribution in [0, 0.1) is 0 Å². The third-order valence-corrected chi connectivity index (χ3v) is 5.96. The molecule has 1 aromatic carbocycles. The Morgan fingerprint density at radius 1 is 1.24 bits per heavy atom. The van der Waals surface area contributed by atoms with E-state index >= 15 is 0 Å². The van der Waals surface area contributed by atoms with Gasteiger partial charge in [0.2, 0.25) is 10.0 Å². The SMILES string of the molecule is CS(=O)(=O)NCCCNC1CCS(=O)(=O)c2ccccc21. The van der Waals surface area contributed by atoms with Crippen LogP contribution in [-0.2, 0) is 19.9 Å². The van der Waals surface area contributed by atoms with E-state index in [0.717, 1.165) is 11.8 Å². The van der Waals surface area contributed by atoms with Gasteiger partial charge in [-0.2, -0.15) is 0 Å². The first kappa shape index (κ1) is 16.4. The van der Waals surface area contributed by atoms with Crippen LogP contribution >= 0.6 is 0 Å². The summed E-state index contributed by atoms with van der Waals surface area (Å²) in [5.41, 5.74) is 0.805. The Bertz CT molecular complexity index is 699. The molecule has 0 fully saturated rings. The predicted octanol–water partition coefficient (Wildman–Crippen LogP) is 0.434. The van der Waals surface area contributed by atoms with E-state index in [2.05, 4.69) is 10.0 Å². The van der Waals surface area contributed by atoms with E-state index in [9.17, 15) is 16.8 Å². The smallest absolute Gasteiger partial charge is 0.208 e. The van der Waals surface area contributed by atoms with Crippen molar-refractivity contribution in [3.63, 3.8) is 0 Å². The first-order valence-corrected chi connectivity index (χ1v) is 10.3. The molecule has 0 spiro atoms. The van der Waals surface area contributed by atoms with Crippen molar-refractivity contribution in [2.45, 2.75) is 23.8 Å². The molecule has 0 amide bonds. The molecule has 21 heavy (non-hydrogen) atoms. The Morgan fingerprint density at radius 3 is 2.67 bits per heavy atom. The topological polar surface area (TPSA) is 92.3 Å². The second-order valence-electron chi connectivity index (χ2n) is 5.17. The van der Waals surface area contributed by atoms with Gasteiger partial charge in [-0.1, -0.05) is 18.2 Å². The number of nitrogens with one attached hydrogen (secondary N) is 2. The summed E-state index contributed by atoms with van der Waals surface area (Å²) in [6.45, 7) is 1.00. The van der Waals surface area contributed by atoms with Crippen LogP contribution in [0.15, 0.2) is 29.2 Å². The summed E-state index contributed by atoms with van der Waals surface area (Å²) in [5, 5.41) is 3.30. The minimum absolute atomic E-state index is 0.00274. The van der Waals surface area contributed by atoms with Gasteiger partial charge in [0.15, 0.2) is 9.84 Å². The van der Waals surface area contributed by atoms with E-state index in [1.54, 1.807) is 12.1 Å². The maximum Gasteiger partial charge on any atom is 0.208 e. The molecule has 118 valence electrons. The van der Waals surface area contributed by atoms with Crippen LogP contribution in [0.2, 0.25) is 0 Å². The standard InChI is InChI=1S/C13H20N2O4S2/c1-20(16,17)15-9-4-8-14-12-7-10-21(18,19)13-6-3-2-5-11(12)13/h2-3,5-6,12,14-15H,4,7-10H2,1H3. The quantitative estimate of drug-likeness (QED) is 0.737. The van der Waals surface area contributed by atoms with E-state index in [1.165, 1.54) is 0 Å². The van der Waals surface area contributed by atoms with Crippen LogP contribution in [-0.4, -0.2) is 41.9 Å². The molecule has 2 rings (SSSR count). The highest BCUT2D eigenvalue weighted by molar-refractivity contribution is 7.91. The Morgan fingerprint density at radius 2 is 1.95 bits per heavy atom. The van der Waals surface area contributed by atoms with E-state index < -0.39 is 19.9 Å². The van der Waals surface area contributed by atoms with Crippen molar-refractivity contribution in [3.8, 4) is 0 Å². The van der Waals surface area contributed by atoms with Gasteiger partial charge in [-0.05, 0) is 31.0 Å². The highest BCUT2D eigenvalue weighted by Gasteiger charge is 2.29. The normalized spacial score (nSPS) is 20.9. The molecule has 1 aliphatic rings. The molecule has 0 saturated heterocycles. The molecule has 1 heterocycles. The second-order valence-corrected chi connectivity index (χ2v) is 9.08. The highest BCUT2D eigenvalue weighted by atomic mass is 32.2. The lowest BCUT2D eigenvalue weighted by molar-refractivity contribution is 0.485. The molecule has 0 aliphatic carbocycles. The minimum Gasteiger partial charge on any atom is -0.310 e. The first-order valence-electron chi connectivity index (χ1n) is 6.79. The largest absolute Gasteiger partial charge is 0.310 e. The van der Waals surface area contributed by atoms with Crippen LogP contribution in [0.5, 0.6) is 0 Å². The lowest BCUT2D eigenvalue weighted by Crippen LogP contribution is -2.32. The molecule has 0 saturated carbocycles. The van der Waals surface area contributed by atoms with Gasteiger partial charge in [0.1, 0.15) is 0 Å². The molecular formula is C13H20N2O4S2. The second kappa shape index (κ2) is 6.43. The Hall–Kier alpha value is -0.960. The fourth-order valence-corrected chi connectivity index (χ4v) is 4.56.